The van der Waals surface area contributed by atoms with E-state index in [1.54, 1.807) is 0 Å². The molecule has 6 heteroatoms. The number of carboxylic acid groups (broad SMARTS) is 1. The minimum absolute atomic E-state index is 0.215. The van der Waals surface area contributed by atoms with Crippen molar-refractivity contribution in [1.29, 1.82) is 0 Å². The Morgan fingerprint density at radius 3 is 3.00 bits per heavy atom. The monoisotopic (exact) mass is 268 g/mol. The molecule has 1 atom stereocenters. The third-order valence-corrected chi connectivity index (χ3v) is 3.21. The van der Waals surface area contributed by atoms with Crippen molar-refractivity contribution in [3.8, 4) is 0 Å². The second kappa shape index (κ2) is 5.88. The number of halogens is 1. The van der Waals surface area contributed by atoms with E-state index in [-0.39, 0.29) is 17.4 Å². The predicted octanol–water partition coefficient (Wildman–Crippen LogP) is 2.09. The van der Waals surface area contributed by atoms with Crippen LogP contribution in [0.5, 0.6) is 0 Å². The van der Waals surface area contributed by atoms with E-state index in [1.165, 1.54) is 6.07 Å². The lowest BCUT2D eigenvalue weighted by atomic mass is 10.1. The third-order valence-electron chi connectivity index (χ3n) is 3.21. The smallest absolute Gasteiger partial charge is 0.340 e. The first-order chi connectivity index (χ1) is 9.09. The van der Waals surface area contributed by atoms with E-state index in [9.17, 15) is 9.18 Å². The molecule has 1 aromatic carbocycles. The number of benzene rings is 1. The molecular formula is C13H17FN2O3. The van der Waals surface area contributed by atoms with Crippen molar-refractivity contribution < 1.29 is 19.0 Å². The average Bonchev–Trinajstić information content (AvgIpc) is 2.86. The van der Waals surface area contributed by atoms with Crippen LogP contribution in [0.2, 0.25) is 0 Å². The van der Waals surface area contributed by atoms with E-state index < -0.39 is 11.8 Å². The van der Waals surface area contributed by atoms with Crippen LogP contribution >= 0.6 is 0 Å². The molecule has 1 saturated heterocycles. The fraction of sp³-hybridized carbons (Fsp3) is 0.462. The molecule has 0 aliphatic carbocycles. The molecule has 0 saturated carbocycles. The number of carbonyl (C=O) groups is 1. The Labute approximate surface area is 110 Å². The number of aromatic carboxylic acids is 1. The van der Waals surface area contributed by atoms with E-state index in [0.717, 1.165) is 31.9 Å². The van der Waals surface area contributed by atoms with Gasteiger partial charge in [-0.1, -0.05) is 0 Å². The zero-order valence-electron chi connectivity index (χ0n) is 10.5. The number of nitrogens with two attached hydrogens (primary N) is 1. The number of nitrogens with one attached hydrogen (secondary N) is 1. The number of hydrogen-bond acceptors (Lipinski definition) is 4. The first-order valence-corrected chi connectivity index (χ1v) is 6.26. The van der Waals surface area contributed by atoms with E-state index in [2.05, 4.69) is 5.32 Å². The Hall–Kier alpha value is -1.82. The number of ether oxygens (including phenoxy) is 1. The van der Waals surface area contributed by atoms with Crippen LogP contribution in [0, 0.1) is 5.82 Å². The highest BCUT2D eigenvalue weighted by Crippen LogP contribution is 2.25. The molecule has 0 bridgehead atoms. The van der Waals surface area contributed by atoms with Gasteiger partial charge in [-0.2, -0.15) is 0 Å². The number of anilines is 2. The summed E-state index contributed by atoms with van der Waals surface area (Å²) < 4.78 is 18.7. The highest BCUT2D eigenvalue weighted by Gasteiger charge is 2.18. The van der Waals surface area contributed by atoms with Crippen LogP contribution < -0.4 is 11.1 Å². The van der Waals surface area contributed by atoms with Crippen LogP contribution in [-0.4, -0.2) is 30.3 Å². The molecule has 19 heavy (non-hydrogen) atoms. The van der Waals surface area contributed by atoms with Gasteiger partial charge in [0, 0.05) is 13.2 Å². The second-order valence-corrected chi connectivity index (χ2v) is 4.54. The number of nitrogen functional groups attached to an aromatic ring is 1. The van der Waals surface area contributed by atoms with E-state index in [0.29, 0.717) is 12.2 Å². The molecule has 1 unspecified atom stereocenters. The lowest BCUT2D eigenvalue weighted by Crippen LogP contribution is -2.15. The Balaban J connectivity index is 2.02. The molecule has 4 N–H and O–H groups in total. The maximum Gasteiger partial charge on any atom is 0.340 e. The summed E-state index contributed by atoms with van der Waals surface area (Å²) >= 11 is 0. The molecule has 1 fully saturated rings. The van der Waals surface area contributed by atoms with Crippen molar-refractivity contribution in [2.75, 3.05) is 24.2 Å². The summed E-state index contributed by atoms with van der Waals surface area (Å²) in [4.78, 5) is 11.1. The van der Waals surface area contributed by atoms with Gasteiger partial charge in [0.15, 0.2) is 0 Å². The average molecular weight is 268 g/mol. The Bertz CT molecular complexity index is 473. The summed E-state index contributed by atoms with van der Waals surface area (Å²) in [6.45, 7) is 1.35. The molecule has 0 spiro atoms. The van der Waals surface area contributed by atoms with Crippen LogP contribution in [0.15, 0.2) is 12.1 Å². The molecule has 1 aliphatic rings. The van der Waals surface area contributed by atoms with Crippen molar-refractivity contribution in [3.05, 3.63) is 23.5 Å². The summed E-state index contributed by atoms with van der Waals surface area (Å²) in [6, 6.07) is 2.56. The first kappa shape index (κ1) is 13.6. The maximum absolute atomic E-state index is 13.3. The number of hydrogen-bond donors (Lipinski definition) is 3. The summed E-state index contributed by atoms with van der Waals surface area (Å²) in [5.41, 5.74) is 5.24. The standard InChI is InChI=1S/C13H17FN2O3/c14-9-3-4-10(11(12(9)15)13(17)18)16-6-5-8-2-1-7-19-8/h3-4,8,16H,1-2,5-7,15H2,(H,17,18). The summed E-state index contributed by atoms with van der Waals surface area (Å²) in [6.07, 6.45) is 3.10. The van der Waals surface area contributed by atoms with Crippen molar-refractivity contribution in [2.45, 2.75) is 25.4 Å². The third kappa shape index (κ3) is 3.14. The fourth-order valence-corrected chi connectivity index (χ4v) is 2.21. The van der Waals surface area contributed by atoms with Gasteiger partial charge in [0.05, 0.1) is 17.5 Å². The lowest BCUT2D eigenvalue weighted by Gasteiger charge is -2.14. The van der Waals surface area contributed by atoms with Gasteiger partial charge in [-0.15, -0.1) is 0 Å². The first-order valence-electron chi connectivity index (χ1n) is 6.26. The zero-order valence-corrected chi connectivity index (χ0v) is 10.5. The normalized spacial score (nSPS) is 18.5. The van der Waals surface area contributed by atoms with Crippen molar-refractivity contribution in [1.82, 2.24) is 0 Å². The Kier molecular flexibility index (Phi) is 4.21. The van der Waals surface area contributed by atoms with Crippen LogP contribution in [0.4, 0.5) is 15.8 Å². The molecule has 1 aromatic rings. The highest BCUT2D eigenvalue weighted by atomic mass is 19.1. The van der Waals surface area contributed by atoms with Crippen molar-refractivity contribution in [2.24, 2.45) is 0 Å². The SMILES string of the molecule is Nc1c(F)ccc(NCCC2CCCO2)c1C(=O)O. The largest absolute Gasteiger partial charge is 0.478 e. The second-order valence-electron chi connectivity index (χ2n) is 4.54. The number of rotatable bonds is 5. The minimum Gasteiger partial charge on any atom is -0.478 e. The van der Waals surface area contributed by atoms with Gasteiger partial charge >= 0.3 is 5.97 Å². The van der Waals surface area contributed by atoms with Crippen LogP contribution in [0.1, 0.15) is 29.6 Å². The van der Waals surface area contributed by atoms with Gasteiger partial charge in [0.25, 0.3) is 0 Å². The molecule has 0 radical (unpaired) electrons. The van der Waals surface area contributed by atoms with E-state index in [1.807, 2.05) is 0 Å². The number of carboxylic acids is 1. The minimum atomic E-state index is -1.24. The van der Waals surface area contributed by atoms with Gasteiger partial charge in [0.1, 0.15) is 11.4 Å². The molecule has 0 aromatic heterocycles. The molecule has 0 amide bonds. The van der Waals surface area contributed by atoms with Crippen LogP contribution in [-0.2, 0) is 4.74 Å². The van der Waals surface area contributed by atoms with Gasteiger partial charge in [-0.05, 0) is 31.4 Å². The van der Waals surface area contributed by atoms with Gasteiger partial charge in [-0.3, -0.25) is 0 Å². The van der Waals surface area contributed by atoms with Gasteiger partial charge in [-0.25, -0.2) is 9.18 Å². The molecule has 5 nitrogen and oxygen atoms in total. The molecule has 1 aliphatic heterocycles. The molecule has 104 valence electrons. The van der Waals surface area contributed by atoms with E-state index >= 15 is 0 Å². The zero-order chi connectivity index (χ0) is 13.8. The summed E-state index contributed by atoms with van der Waals surface area (Å²) in [5.74, 6) is -1.96. The molecule has 1 heterocycles. The molecule has 2 rings (SSSR count). The predicted molar refractivity (Wildman–Crippen MR) is 69.9 cm³/mol. The lowest BCUT2D eigenvalue weighted by molar-refractivity contribution is 0.0698. The summed E-state index contributed by atoms with van der Waals surface area (Å²) in [5, 5.41) is 12.1. The maximum atomic E-state index is 13.3. The van der Waals surface area contributed by atoms with Gasteiger partial charge < -0.3 is 20.9 Å². The highest BCUT2D eigenvalue weighted by molar-refractivity contribution is 6.00. The Morgan fingerprint density at radius 1 is 1.58 bits per heavy atom. The van der Waals surface area contributed by atoms with Crippen molar-refractivity contribution >= 4 is 17.3 Å². The van der Waals surface area contributed by atoms with Gasteiger partial charge in [0.2, 0.25) is 0 Å². The summed E-state index contributed by atoms with van der Waals surface area (Å²) in [7, 11) is 0. The quantitative estimate of drug-likeness (QED) is 0.712. The van der Waals surface area contributed by atoms with E-state index in [4.69, 9.17) is 15.6 Å². The van der Waals surface area contributed by atoms with Crippen LogP contribution in [0.3, 0.4) is 0 Å². The topological polar surface area (TPSA) is 84.6 Å². The Morgan fingerprint density at radius 2 is 2.37 bits per heavy atom. The van der Waals surface area contributed by atoms with Crippen LogP contribution in [0.25, 0.3) is 0 Å². The fourth-order valence-electron chi connectivity index (χ4n) is 2.21. The van der Waals surface area contributed by atoms with Crippen molar-refractivity contribution in [3.63, 3.8) is 0 Å². The molecular weight excluding hydrogens is 251 g/mol.